The van der Waals surface area contributed by atoms with Crippen molar-refractivity contribution in [2.45, 2.75) is 18.2 Å². The monoisotopic (exact) mass is 199 g/mol. The highest BCUT2D eigenvalue weighted by Crippen LogP contribution is 2.20. The van der Waals surface area contributed by atoms with E-state index in [9.17, 15) is 8.76 Å². The van der Waals surface area contributed by atoms with Gasteiger partial charge in [0.15, 0.2) is 0 Å². The second-order valence-electron chi connectivity index (χ2n) is 2.53. The minimum Gasteiger partial charge on any atom is -0.768 e. The summed E-state index contributed by atoms with van der Waals surface area (Å²) in [6.45, 7) is 2.50. The first-order valence-corrected chi connectivity index (χ1v) is 5.14. The van der Waals surface area contributed by atoms with Crippen molar-refractivity contribution in [1.82, 2.24) is 0 Å². The summed E-state index contributed by atoms with van der Waals surface area (Å²) in [5, 5.41) is 0. The van der Waals surface area contributed by atoms with Crippen molar-refractivity contribution in [3.63, 3.8) is 0 Å². The van der Waals surface area contributed by atoms with Crippen molar-refractivity contribution in [1.29, 1.82) is 0 Å². The highest BCUT2D eigenvalue weighted by Gasteiger charge is 2.01. The zero-order valence-electron chi connectivity index (χ0n) is 7.36. The number of hydrogen-bond acceptors (Lipinski definition) is 3. The fourth-order valence-corrected chi connectivity index (χ4v) is 1.40. The van der Waals surface area contributed by atoms with E-state index in [4.69, 9.17) is 4.74 Å². The first-order chi connectivity index (χ1) is 6.25. The molecule has 13 heavy (non-hydrogen) atoms. The molecule has 1 atom stereocenters. The summed E-state index contributed by atoms with van der Waals surface area (Å²) in [7, 11) is 0. The van der Waals surface area contributed by atoms with Crippen LogP contribution < -0.4 is 4.74 Å². The van der Waals surface area contributed by atoms with Crippen LogP contribution >= 0.6 is 0 Å². The molecule has 0 N–H and O–H groups in total. The fraction of sp³-hybridized carbons (Fsp3) is 0.333. The van der Waals surface area contributed by atoms with E-state index in [1.165, 1.54) is 6.07 Å². The quantitative estimate of drug-likeness (QED) is 0.693. The summed E-state index contributed by atoms with van der Waals surface area (Å²) < 4.78 is 26.7. The Balaban J connectivity index is 2.84. The van der Waals surface area contributed by atoms with E-state index in [0.717, 1.165) is 6.42 Å². The first-order valence-electron chi connectivity index (χ1n) is 4.06. The summed E-state index contributed by atoms with van der Waals surface area (Å²) in [5.41, 5.74) is 0. The molecule has 0 aliphatic carbocycles. The minimum atomic E-state index is -2.22. The molecule has 0 aliphatic heterocycles. The largest absolute Gasteiger partial charge is 0.768 e. The lowest BCUT2D eigenvalue weighted by Crippen LogP contribution is -1.99. The smallest absolute Gasteiger partial charge is 0.134 e. The molecule has 1 unspecified atom stereocenters. The van der Waals surface area contributed by atoms with Gasteiger partial charge in [-0.3, -0.25) is 4.21 Å². The van der Waals surface area contributed by atoms with Crippen LogP contribution in [0.25, 0.3) is 0 Å². The predicted molar refractivity (Wildman–Crippen MR) is 49.4 cm³/mol. The summed E-state index contributed by atoms with van der Waals surface area (Å²) in [6.07, 6.45) is 0.861. The Labute approximate surface area is 80.0 Å². The van der Waals surface area contributed by atoms with Crippen molar-refractivity contribution in [3.8, 4) is 5.75 Å². The van der Waals surface area contributed by atoms with Crippen molar-refractivity contribution in [2.75, 3.05) is 6.61 Å². The van der Waals surface area contributed by atoms with E-state index in [2.05, 4.69) is 0 Å². The standard InChI is InChI=1S/C9H12O3S/c1-2-7-12-8-5-3-4-6-9(8)13(10)11/h3-6H,2,7H2,1H3,(H,10,11)/p-1. The predicted octanol–water partition coefficient (Wildman–Crippen LogP) is 1.71. The molecule has 0 radical (unpaired) electrons. The second kappa shape index (κ2) is 4.99. The Bertz CT molecular complexity index is 299. The van der Waals surface area contributed by atoms with Crippen molar-refractivity contribution >= 4 is 11.1 Å². The summed E-state index contributed by atoms with van der Waals surface area (Å²) in [5.74, 6) is 0.428. The lowest BCUT2D eigenvalue weighted by atomic mass is 10.3. The molecule has 1 aromatic rings. The van der Waals surface area contributed by atoms with Gasteiger partial charge in [-0.15, -0.1) is 0 Å². The van der Waals surface area contributed by atoms with Crippen LogP contribution in [0.5, 0.6) is 5.75 Å². The van der Waals surface area contributed by atoms with Gasteiger partial charge in [-0.1, -0.05) is 19.1 Å². The maximum Gasteiger partial charge on any atom is 0.134 e. The summed E-state index contributed by atoms with van der Waals surface area (Å²) in [6, 6.07) is 6.60. The third-order valence-electron chi connectivity index (χ3n) is 1.49. The van der Waals surface area contributed by atoms with E-state index >= 15 is 0 Å². The molecule has 4 heteroatoms. The number of rotatable bonds is 4. The normalized spacial score (nSPS) is 12.5. The zero-order chi connectivity index (χ0) is 9.68. The van der Waals surface area contributed by atoms with Crippen LogP contribution in [-0.4, -0.2) is 15.4 Å². The van der Waals surface area contributed by atoms with Gasteiger partial charge in [0, 0.05) is 0 Å². The van der Waals surface area contributed by atoms with Gasteiger partial charge < -0.3 is 9.29 Å². The van der Waals surface area contributed by atoms with Crippen molar-refractivity contribution in [2.24, 2.45) is 0 Å². The number of ether oxygens (including phenoxy) is 1. The number of para-hydroxylation sites is 1. The summed E-state index contributed by atoms with van der Waals surface area (Å²) >= 11 is -2.22. The average Bonchev–Trinajstić information content (AvgIpc) is 2.15. The van der Waals surface area contributed by atoms with Crippen molar-refractivity contribution in [3.05, 3.63) is 24.3 Å². The third-order valence-corrected chi connectivity index (χ3v) is 2.19. The Morgan fingerprint density at radius 3 is 2.77 bits per heavy atom. The first kappa shape index (κ1) is 10.2. The Hall–Kier alpha value is -0.870. The van der Waals surface area contributed by atoms with Crippen LogP contribution in [0.1, 0.15) is 13.3 Å². The van der Waals surface area contributed by atoms with Gasteiger partial charge >= 0.3 is 0 Å². The van der Waals surface area contributed by atoms with Gasteiger partial charge in [0.2, 0.25) is 0 Å². The molecule has 0 spiro atoms. The maximum absolute atomic E-state index is 10.7. The highest BCUT2D eigenvalue weighted by molar-refractivity contribution is 7.79. The van der Waals surface area contributed by atoms with Crippen LogP contribution in [-0.2, 0) is 11.1 Å². The van der Waals surface area contributed by atoms with E-state index in [1.54, 1.807) is 18.2 Å². The molecule has 0 fully saturated rings. The Morgan fingerprint density at radius 2 is 2.15 bits per heavy atom. The molecule has 0 amide bonds. The molecule has 0 bridgehead atoms. The molecule has 1 rings (SSSR count). The number of benzene rings is 1. The lowest BCUT2D eigenvalue weighted by molar-refractivity contribution is 0.309. The van der Waals surface area contributed by atoms with Gasteiger partial charge in [0.05, 0.1) is 11.5 Å². The lowest BCUT2D eigenvalue weighted by Gasteiger charge is -2.11. The molecular weight excluding hydrogens is 188 g/mol. The molecule has 1 aromatic carbocycles. The molecule has 0 aliphatic rings. The van der Waals surface area contributed by atoms with Crippen LogP contribution in [0.15, 0.2) is 29.2 Å². The van der Waals surface area contributed by atoms with Gasteiger partial charge in [-0.2, -0.15) is 0 Å². The molecule has 0 saturated heterocycles. The van der Waals surface area contributed by atoms with Crippen molar-refractivity contribution < 1.29 is 13.5 Å². The minimum absolute atomic E-state index is 0.218. The summed E-state index contributed by atoms with van der Waals surface area (Å²) in [4.78, 5) is 0.218. The second-order valence-corrected chi connectivity index (χ2v) is 3.44. The molecule has 72 valence electrons. The van der Waals surface area contributed by atoms with Gasteiger partial charge in [0.1, 0.15) is 5.75 Å². The van der Waals surface area contributed by atoms with E-state index < -0.39 is 11.1 Å². The third kappa shape index (κ3) is 2.82. The number of hydrogen-bond donors (Lipinski definition) is 0. The van der Waals surface area contributed by atoms with Crippen LogP contribution in [0.4, 0.5) is 0 Å². The molecule has 0 saturated carbocycles. The molecule has 3 nitrogen and oxygen atoms in total. The van der Waals surface area contributed by atoms with Crippen LogP contribution in [0.3, 0.4) is 0 Å². The Kier molecular flexibility index (Phi) is 3.92. The topological polar surface area (TPSA) is 49.4 Å². The highest BCUT2D eigenvalue weighted by atomic mass is 32.2. The van der Waals surface area contributed by atoms with Crippen LogP contribution in [0, 0.1) is 0 Å². The fourth-order valence-electron chi connectivity index (χ4n) is 0.919. The zero-order valence-corrected chi connectivity index (χ0v) is 8.17. The van der Waals surface area contributed by atoms with Crippen LogP contribution in [0.2, 0.25) is 0 Å². The molecule has 0 heterocycles. The van der Waals surface area contributed by atoms with E-state index in [0.29, 0.717) is 12.4 Å². The average molecular weight is 199 g/mol. The van der Waals surface area contributed by atoms with Gasteiger partial charge in [0.25, 0.3) is 0 Å². The Morgan fingerprint density at radius 1 is 1.46 bits per heavy atom. The maximum atomic E-state index is 10.7. The SMILES string of the molecule is CCCOc1ccccc1S(=O)[O-]. The van der Waals surface area contributed by atoms with E-state index in [1.807, 2.05) is 6.92 Å². The van der Waals surface area contributed by atoms with E-state index in [-0.39, 0.29) is 4.90 Å². The van der Waals surface area contributed by atoms with Gasteiger partial charge in [-0.25, -0.2) is 0 Å². The van der Waals surface area contributed by atoms with Gasteiger partial charge in [-0.05, 0) is 29.6 Å². The molecular formula is C9H11O3S-. The molecule has 0 aromatic heterocycles.